The van der Waals surface area contributed by atoms with E-state index in [2.05, 4.69) is 10.3 Å². The second-order valence-corrected chi connectivity index (χ2v) is 7.37. The van der Waals surface area contributed by atoms with Gasteiger partial charge in [-0.15, -0.1) is 0 Å². The molecule has 1 saturated heterocycles. The first-order valence-corrected chi connectivity index (χ1v) is 10.1. The number of halogens is 3. The lowest BCUT2D eigenvalue weighted by atomic mass is 9.96. The third-order valence-corrected chi connectivity index (χ3v) is 5.05. The predicted octanol–water partition coefficient (Wildman–Crippen LogP) is 4.42. The molecule has 8 heteroatoms. The summed E-state index contributed by atoms with van der Waals surface area (Å²) >= 11 is 0. The lowest BCUT2D eigenvalue weighted by Gasteiger charge is -2.34. The fourth-order valence-corrected chi connectivity index (χ4v) is 3.51. The lowest BCUT2D eigenvalue weighted by Crippen LogP contribution is -2.43. The summed E-state index contributed by atoms with van der Waals surface area (Å²) in [5.41, 5.74) is 0.167. The number of rotatable bonds is 7. The maximum Gasteiger partial charge on any atom is 0.419 e. The molecule has 0 radical (unpaired) electrons. The molecule has 1 fully saturated rings. The van der Waals surface area contributed by atoms with E-state index in [0.717, 1.165) is 23.8 Å². The van der Waals surface area contributed by atoms with Crippen molar-refractivity contribution in [2.75, 3.05) is 24.6 Å². The molecule has 30 heavy (non-hydrogen) atoms. The van der Waals surface area contributed by atoms with E-state index in [1.807, 2.05) is 31.2 Å². The number of piperidine rings is 1. The van der Waals surface area contributed by atoms with Crippen LogP contribution in [0.25, 0.3) is 0 Å². The first-order valence-electron chi connectivity index (χ1n) is 10.1. The first kappa shape index (κ1) is 21.9. The Hall–Kier alpha value is -2.77. The van der Waals surface area contributed by atoms with E-state index in [1.165, 1.54) is 12.3 Å². The number of carbonyl (C=O) groups is 1. The van der Waals surface area contributed by atoms with Gasteiger partial charge in [-0.3, -0.25) is 4.79 Å². The molecule has 1 amide bonds. The topological polar surface area (TPSA) is 54.5 Å². The third-order valence-electron chi connectivity index (χ3n) is 5.05. The number of aromatic nitrogens is 1. The van der Waals surface area contributed by atoms with Gasteiger partial charge in [-0.05, 0) is 49.1 Å². The SMILES string of the molecule is CCCOc1ccc(CNC(=O)C2CCCN(c3ncccc3C(F)(F)F)C2)cc1. The maximum atomic E-state index is 13.3. The molecule has 1 aliphatic rings. The van der Waals surface area contributed by atoms with E-state index in [0.29, 0.717) is 32.5 Å². The molecule has 0 saturated carbocycles. The molecule has 0 spiro atoms. The highest BCUT2D eigenvalue weighted by Gasteiger charge is 2.37. The van der Waals surface area contributed by atoms with Crippen LogP contribution in [0.2, 0.25) is 0 Å². The molecule has 1 unspecified atom stereocenters. The molecule has 0 bridgehead atoms. The van der Waals surface area contributed by atoms with Crippen LogP contribution >= 0.6 is 0 Å². The van der Waals surface area contributed by atoms with Crippen molar-refractivity contribution in [1.82, 2.24) is 10.3 Å². The van der Waals surface area contributed by atoms with E-state index in [4.69, 9.17) is 4.74 Å². The van der Waals surface area contributed by atoms with Crippen LogP contribution in [0, 0.1) is 5.92 Å². The molecule has 1 atom stereocenters. The van der Waals surface area contributed by atoms with Crippen LogP contribution in [0.15, 0.2) is 42.6 Å². The number of carbonyl (C=O) groups excluding carboxylic acids is 1. The van der Waals surface area contributed by atoms with Gasteiger partial charge in [0, 0.05) is 25.8 Å². The van der Waals surface area contributed by atoms with Crippen molar-refractivity contribution < 1.29 is 22.7 Å². The number of alkyl halides is 3. The fraction of sp³-hybridized carbons (Fsp3) is 0.455. The zero-order valence-corrected chi connectivity index (χ0v) is 16.9. The minimum absolute atomic E-state index is 0.106. The average Bonchev–Trinajstić information content (AvgIpc) is 2.76. The molecular formula is C22H26F3N3O2. The summed E-state index contributed by atoms with van der Waals surface area (Å²) in [7, 11) is 0. The molecule has 2 heterocycles. The van der Waals surface area contributed by atoms with E-state index < -0.39 is 11.7 Å². The smallest absolute Gasteiger partial charge is 0.419 e. The van der Waals surface area contributed by atoms with Crippen molar-refractivity contribution in [3.63, 3.8) is 0 Å². The zero-order chi connectivity index (χ0) is 21.6. The largest absolute Gasteiger partial charge is 0.494 e. The molecule has 1 aromatic heterocycles. The normalized spacial score (nSPS) is 16.9. The van der Waals surface area contributed by atoms with Gasteiger partial charge in [-0.2, -0.15) is 13.2 Å². The zero-order valence-electron chi connectivity index (χ0n) is 16.9. The number of benzene rings is 1. The van der Waals surface area contributed by atoms with E-state index in [1.54, 1.807) is 4.90 Å². The Labute approximate surface area is 174 Å². The van der Waals surface area contributed by atoms with Crippen LogP contribution in [0.1, 0.15) is 37.3 Å². The second-order valence-electron chi connectivity index (χ2n) is 7.37. The van der Waals surface area contributed by atoms with E-state index in [9.17, 15) is 18.0 Å². The van der Waals surface area contributed by atoms with Crippen molar-refractivity contribution in [2.24, 2.45) is 5.92 Å². The fourth-order valence-electron chi connectivity index (χ4n) is 3.51. The van der Waals surface area contributed by atoms with Gasteiger partial charge in [0.1, 0.15) is 11.6 Å². The van der Waals surface area contributed by atoms with Gasteiger partial charge in [0.05, 0.1) is 18.1 Å². The van der Waals surface area contributed by atoms with Crippen molar-refractivity contribution in [1.29, 1.82) is 0 Å². The van der Waals surface area contributed by atoms with Gasteiger partial charge < -0.3 is 15.0 Å². The van der Waals surface area contributed by atoms with Gasteiger partial charge in [-0.1, -0.05) is 19.1 Å². The van der Waals surface area contributed by atoms with Crippen LogP contribution < -0.4 is 15.0 Å². The minimum atomic E-state index is -4.48. The van der Waals surface area contributed by atoms with Crippen LogP contribution in [-0.2, 0) is 17.5 Å². The van der Waals surface area contributed by atoms with Crippen molar-refractivity contribution in [3.8, 4) is 5.75 Å². The summed E-state index contributed by atoms with van der Waals surface area (Å²) in [4.78, 5) is 18.1. The monoisotopic (exact) mass is 421 g/mol. The summed E-state index contributed by atoms with van der Waals surface area (Å²) in [6.45, 7) is 3.72. The number of anilines is 1. The molecule has 3 rings (SSSR count). The van der Waals surface area contributed by atoms with Crippen molar-refractivity contribution >= 4 is 11.7 Å². The highest BCUT2D eigenvalue weighted by atomic mass is 19.4. The summed E-state index contributed by atoms with van der Waals surface area (Å²) in [5, 5.41) is 2.90. The predicted molar refractivity (Wildman–Crippen MR) is 108 cm³/mol. The number of nitrogens with one attached hydrogen (secondary N) is 1. The highest BCUT2D eigenvalue weighted by Crippen LogP contribution is 2.36. The molecular weight excluding hydrogens is 395 g/mol. The van der Waals surface area contributed by atoms with Gasteiger partial charge in [0.15, 0.2) is 0 Å². The Morgan fingerprint density at radius 2 is 2.03 bits per heavy atom. The Bertz CT molecular complexity index is 840. The summed E-state index contributed by atoms with van der Waals surface area (Å²) in [6, 6.07) is 9.81. The Kier molecular flexibility index (Phi) is 7.18. The molecule has 1 aliphatic heterocycles. The molecule has 162 valence electrons. The highest BCUT2D eigenvalue weighted by molar-refractivity contribution is 5.79. The van der Waals surface area contributed by atoms with Crippen LogP contribution in [0.3, 0.4) is 0 Å². The van der Waals surface area contributed by atoms with Crippen LogP contribution in [0.5, 0.6) is 5.75 Å². The molecule has 0 aliphatic carbocycles. The number of amides is 1. The summed E-state index contributed by atoms with van der Waals surface area (Å²) in [6.07, 6.45) is -0.928. The molecule has 1 aromatic carbocycles. The number of hydrogen-bond acceptors (Lipinski definition) is 4. The van der Waals surface area contributed by atoms with Gasteiger partial charge in [0.2, 0.25) is 5.91 Å². The third kappa shape index (κ3) is 5.64. The number of ether oxygens (including phenoxy) is 1. The minimum Gasteiger partial charge on any atom is -0.494 e. The average molecular weight is 421 g/mol. The Morgan fingerprint density at radius 1 is 1.27 bits per heavy atom. The van der Waals surface area contributed by atoms with Gasteiger partial charge >= 0.3 is 6.18 Å². The van der Waals surface area contributed by atoms with Gasteiger partial charge in [0.25, 0.3) is 0 Å². The molecule has 5 nitrogen and oxygen atoms in total. The number of hydrogen-bond donors (Lipinski definition) is 1. The summed E-state index contributed by atoms with van der Waals surface area (Å²) < 4.78 is 45.5. The van der Waals surface area contributed by atoms with Crippen LogP contribution in [0.4, 0.5) is 19.0 Å². The van der Waals surface area contributed by atoms with Crippen LogP contribution in [-0.4, -0.2) is 30.6 Å². The van der Waals surface area contributed by atoms with Gasteiger partial charge in [-0.25, -0.2) is 4.98 Å². The Balaban J connectivity index is 1.59. The number of nitrogens with zero attached hydrogens (tertiary/aromatic N) is 2. The number of pyridine rings is 1. The molecule has 2 aromatic rings. The lowest BCUT2D eigenvalue weighted by molar-refractivity contribution is -0.137. The Morgan fingerprint density at radius 3 is 2.73 bits per heavy atom. The van der Waals surface area contributed by atoms with E-state index >= 15 is 0 Å². The second kappa shape index (κ2) is 9.82. The quantitative estimate of drug-likeness (QED) is 0.719. The summed E-state index contributed by atoms with van der Waals surface area (Å²) in [5.74, 6) is 0.139. The maximum absolute atomic E-state index is 13.3. The first-order chi connectivity index (χ1) is 14.4. The van der Waals surface area contributed by atoms with Crippen molar-refractivity contribution in [3.05, 3.63) is 53.7 Å². The van der Waals surface area contributed by atoms with E-state index in [-0.39, 0.29) is 24.2 Å². The van der Waals surface area contributed by atoms with Crippen molar-refractivity contribution in [2.45, 2.75) is 38.9 Å². The molecule has 1 N–H and O–H groups in total. The standard InChI is InChI=1S/C22H26F3N3O2/c1-2-13-30-18-9-7-16(8-10-18)14-27-21(29)17-5-4-12-28(15-17)20-19(22(23,24)25)6-3-11-26-20/h3,6-11,17H,2,4-5,12-15H2,1H3,(H,27,29).